The normalized spacial score (nSPS) is 13.7. The van der Waals surface area contributed by atoms with Crippen molar-refractivity contribution in [1.29, 1.82) is 0 Å². The Kier molecular flexibility index (Phi) is 8.68. The van der Waals surface area contributed by atoms with Crippen LogP contribution in [0.5, 0.6) is 5.75 Å². The molecule has 1 aliphatic rings. The van der Waals surface area contributed by atoms with Gasteiger partial charge >= 0.3 is 5.97 Å². The number of aromatic nitrogens is 3. The summed E-state index contributed by atoms with van der Waals surface area (Å²) in [5, 5.41) is 12.8. The van der Waals surface area contributed by atoms with Gasteiger partial charge in [-0.1, -0.05) is 29.5 Å². The number of fused-ring (bicyclic) bond motifs is 1. The van der Waals surface area contributed by atoms with Crippen molar-refractivity contribution in [2.45, 2.75) is 71.2 Å². The standard InChI is InChI=1S/C26H32N4O4S2/c1-5-30-23(17(4)34-18-13-11-16(3)12-14-18)28-29-26(30)35-15-21(31)27-24-22(25(32)33-6-2)19-9-7-8-10-20(19)36-24/h11-14,17H,5-10,15H2,1-4H3,(H,27,31). The van der Waals surface area contributed by atoms with Gasteiger partial charge in [-0.2, -0.15) is 0 Å². The SMILES string of the molecule is CCOC(=O)c1c(NC(=O)CSc2nnc(C(C)Oc3ccc(C)cc3)n2CC)sc2c1CCCC2. The maximum Gasteiger partial charge on any atom is 0.341 e. The fourth-order valence-corrected chi connectivity index (χ4v) is 6.35. The summed E-state index contributed by atoms with van der Waals surface area (Å²) in [4.78, 5) is 26.7. The van der Waals surface area contributed by atoms with Crippen LogP contribution in [0.1, 0.15) is 71.9 Å². The van der Waals surface area contributed by atoms with Crippen LogP contribution in [0.2, 0.25) is 0 Å². The zero-order valence-electron chi connectivity index (χ0n) is 21.1. The van der Waals surface area contributed by atoms with Gasteiger partial charge in [0.05, 0.1) is 17.9 Å². The number of ether oxygens (including phenoxy) is 2. The Balaban J connectivity index is 1.43. The van der Waals surface area contributed by atoms with Crippen molar-refractivity contribution in [1.82, 2.24) is 14.8 Å². The number of hydrogen-bond acceptors (Lipinski definition) is 8. The highest BCUT2D eigenvalue weighted by molar-refractivity contribution is 7.99. The van der Waals surface area contributed by atoms with Crippen molar-refractivity contribution >= 4 is 40.0 Å². The van der Waals surface area contributed by atoms with E-state index in [4.69, 9.17) is 9.47 Å². The summed E-state index contributed by atoms with van der Waals surface area (Å²) < 4.78 is 13.3. The highest BCUT2D eigenvalue weighted by atomic mass is 32.2. The average Bonchev–Trinajstić information content (AvgIpc) is 3.45. The molecule has 4 rings (SSSR count). The summed E-state index contributed by atoms with van der Waals surface area (Å²) in [6.45, 7) is 8.72. The molecule has 0 fully saturated rings. The zero-order chi connectivity index (χ0) is 25.7. The molecule has 0 spiro atoms. The van der Waals surface area contributed by atoms with Gasteiger partial charge in [-0.05, 0) is 71.1 Å². The summed E-state index contributed by atoms with van der Waals surface area (Å²) in [5.74, 6) is 1.06. The molecule has 0 saturated heterocycles. The summed E-state index contributed by atoms with van der Waals surface area (Å²) in [6, 6.07) is 7.88. The number of aryl methyl sites for hydroxylation is 2. The Morgan fingerprint density at radius 3 is 2.64 bits per heavy atom. The number of hydrogen-bond donors (Lipinski definition) is 1. The van der Waals surface area contributed by atoms with E-state index in [1.165, 1.54) is 33.5 Å². The number of thioether (sulfide) groups is 1. The van der Waals surface area contributed by atoms with Crippen molar-refractivity contribution in [2.24, 2.45) is 0 Å². The van der Waals surface area contributed by atoms with E-state index in [0.29, 0.717) is 34.7 Å². The Bertz CT molecular complexity index is 1220. The molecule has 1 aromatic carbocycles. The molecule has 36 heavy (non-hydrogen) atoms. The zero-order valence-corrected chi connectivity index (χ0v) is 22.8. The molecule has 3 aromatic rings. The van der Waals surface area contributed by atoms with Crippen LogP contribution in [0.3, 0.4) is 0 Å². The fourth-order valence-electron chi connectivity index (χ4n) is 4.24. The number of anilines is 1. The molecular weight excluding hydrogens is 496 g/mol. The third kappa shape index (κ3) is 5.92. The van der Waals surface area contributed by atoms with Gasteiger partial charge in [0.2, 0.25) is 5.91 Å². The lowest BCUT2D eigenvalue weighted by Gasteiger charge is -2.15. The van der Waals surface area contributed by atoms with Crippen LogP contribution in [-0.2, 0) is 28.9 Å². The van der Waals surface area contributed by atoms with E-state index < -0.39 is 0 Å². The minimum absolute atomic E-state index is 0.149. The molecule has 8 nitrogen and oxygen atoms in total. The predicted octanol–water partition coefficient (Wildman–Crippen LogP) is 5.59. The number of benzene rings is 1. The Hall–Kier alpha value is -2.85. The van der Waals surface area contributed by atoms with Crippen molar-refractivity contribution in [3.8, 4) is 5.75 Å². The van der Waals surface area contributed by atoms with Gasteiger partial charge in [-0.3, -0.25) is 4.79 Å². The number of esters is 1. The maximum atomic E-state index is 12.9. The van der Waals surface area contributed by atoms with Crippen molar-refractivity contribution in [2.75, 3.05) is 17.7 Å². The van der Waals surface area contributed by atoms with E-state index in [2.05, 4.69) is 15.5 Å². The summed E-state index contributed by atoms with van der Waals surface area (Å²) >= 11 is 2.81. The van der Waals surface area contributed by atoms with Gasteiger partial charge in [0.25, 0.3) is 0 Å². The summed E-state index contributed by atoms with van der Waals surface area (Å²) in [6.07, 6.45) is 3.62. The second-order valence-corrected chi connectivity index (χ2v) is 10.7. The van der Waals surface area contributed by atoms with Crippen molar-refractivity contribution < 1.29 is 19.1 Å². The molecule has 1 amide bonds. The van der Waals surface area contributed by atoms with E-state index in [1.807, 2.05) is 49.6 Å². The summed E-state index contributed by atoms with van der Waals surface area (Å²) in [7, 11) is 0. The fraction of sp³-hybridized carbons (Fsp3) is 0.462. The van der Waals surface area contributed by atoms with E-state index in [9.17, 15) is 9.59 Å². The molecule has 0 radical (unpaired) electrons. The third-order valence-electron chi connectivity index (χ3n) is 6.00. The average molecular weight is 529 g/mol. The van der Waals surface area contributed by atoms with Gasteiger partial charge < -0.3 is 19.4 Å². The Labute approximate surface area is 219 Å². The predicted molar refractivity (Wildman–Crippen MR) is 142 cm³/mol. The van der Waals surface area contributed by atoms with Crippen LogP contribution in [-0.4, -0.2) is 39.0 Å². The highest BCUT2D eigenvalue weighted by Crippen LogP contribution is 2.38. The van der Waals surface area contributed by atoms with E-state index in [0.717, 1.165) is 37.0 Å². The first-order valence-electron chi connectivity index (χ1n) is 12.3. The number of thiophene rings is 1. The lowest BCUT2D eigenvalue weighted by atomic mass is 9.95. The quantitative estimate of drug-likeness (QED) is 0.271. The first-order chi connectivity index (χ1) is 17.4. The second-order valence-electron chi connectivity index (χ2n) is 8.63. The molecule has 1 N–H and O–H groups in total. The molecule has 0 saturated carbocycles. The number of rotatable bonds is 10. The molecule has 2 heterocycles. The van der Waals surface area contributed by atoms with E-state index >= 15 is 0 Å². The van der Waals surface area contributed by atoms with Crippen LogP contribution in [0.25, 0.3) is 0 Å². The van der Waals surface area contributed by atoms with Crippen LogP contribution in [0, 0.1) is 6.92 Å². The molecule has 1 aliphatic carbocycles. The molecule has 0 bridgehead atoms. The number of nitrogens with zero attached hydrogens (tertiary/aromatic N) is 3. The highest BCUT2D eigenvalue weighted by Gasteiger charge is 2.27. The number of amides is 1. The van der Waals surface area contributed by atoms with Gasteiger partial charge in [-0.15, -0.1) is 21.5 Å². The lowest BCUT2D eigenvalue weighted by molar-refractivity contribution is -0.113. The van der Waals surface area contributed by atoms with Gasteiger partial charge in [0, 0.05) is 11.4 Å². The summed E-state index contributed by atoms with van der Waals surface area (Å²) in [5.41, 5.74) is 2.72. The number of carbonyl (C=O) groups excluding carboxylic acids is 2. The van der Waals surface area contributed by atoms with Crippen LogP contribution >= 0.6 is 23.1 Å². The van der Waals surface area contributed by atoms with Gasteiger partial charge in [0.15, 0.2) is 17.1 Å². The molecular formula is C26H32N4O4S2. The van der Waals surface area contributed by atoms with Crippen LogP contribution < -0.4 is 10.1 Å². The van der Waals surface area contributed by atoms with Gasteiger partial charge in [0.1, 0.15) is 10.8 Å². The van der Waals surface area contributed by atoms with Crippen molar-refractivity contribution in [3.05, 3.63) is 51.7 Å². The minimum Gasteiger partial charge on any atom is -0.483 e. The maximum absolute atomic E-state index is 12.9. The largest absolute Gasteiger partial charge is 0.483 e. The first kappa shape index (κ1) is 26.2. The minimum atomic E-state index is -0.363. The third-order valence-corrected chi connectivity index (χ3v) is 8.17. The molecule has 10 heteroatoms. The van der Waals surface area contributed by atoms with Gasteiger partial charge in [-0.25, -0.2) is 4.79 Å². The monoisotopic (exact) mass is 528 g/mol. The van der Waals surface area contributed by atoms with Crippen LogP contribution in [0.15, 0.2) is 29.4 Å². The molecule has 1 atom stereocenters. The molecule has 192 valence electrons. The van der Waals surface area contributed by atoms with E-state index in [-0.39, 0.29) is 23.7 Å². The van der Waals surface area contributed by atoms with E-state index in [1.54, 1.807) is 6.92 Å². The molecule has 1 unspecified atom stereocenters. The Morgan fingerprint density at radius 2 is 1.92 bits per heavy atom. The topological polar surface area (TPSA) is 95.3 Å². The molecule has 0 aliphatic heterocycles. The molecule has 2 aromatic heterocycles. The van der Waals surface area contributed by atoms with Crippen LogP contribution in [0.4, 0.5) is 5.00 Å². The van der Waals surface area contributed by atoms with Crippen molar-refractivity contribution in [3.63, 3.8) is 0 Å². The number of carbonyl (C=O) groups is 2. The second kappa shape index (κ2) is 11.9. The number of nitrogens with one attached hydrogen (secondary N) is 1. The first-order valence-corrected chi connectivity index (χ1v) is 14.1. The smallest absolute Gasteiger partial charge is 0.341 e. The Morgan fingerprint density at radius 1 is 1.17 bits per heavy atom. The lowest BCUT2D eigenvalue weighted by Crippen LogP contribution is -2.17.